The van der Waals surface area contributed by atoms with Gasteiger partial charge in [0, 0.05) is 28.1 Å². The summed E-state index contributed by atoms with van der Waals surface area (Å²) in [4.78, 5) is 5.35. The Kier molecular flexibility index (Phi) is 5.02. The number of hydrazone groups is 1. The van der Waals surface area contributed by atoms with Crippen molar-refractivity contribution in [2.75, 3.05) is 13.1 Å². The third-order valence-corrected chi connectivity index (χ3v) is 5.18. The van der Waals surface area contributed by atoms with Crippen LogP contribution in [0.2, 0.25) is 5.02 Å². The number of rotatable bonds is 3. The van der Waals surface area contributed by atoms with Gasteiger partial charge in [0.15, 0.2) is 0 Å². The van der Waals surface area contributed by atoms with Gasteiger partial charge in [-0.2, -0.15) is 5.10 Å². The van der Waals surface area contributed by atoms with Gasteiger partial charge in [0.05, 0.1) is 6.54 Å². The summed E-state index contributed by atoms with van der Waals surface area (Å²) in [5, 5.41) is 16.6. The second-order valence-corrected chi connectivity index (χ2v) is 7.33. The van der Waals surface area contributed by atoms with Gasteiger partial charge in [-0.3, -0.25) is 9.71 Å². The van der Waals surface area contributed by atoms with Crippen molar-refractivity contribution < 1.29 is 5.11 Å². The maximum Gasteiger partial charge on any atom is 0.225 e. The van der Waals surface area contributed by atoms with E-state index in [0.29, 0.717) is 11.6 Å². The summed E-state index contributed by atoms with van der Waals surface area (Å²) in [6.45, 7) is 3.57. The molecule has 2 aliphatic rings. The van der Waals surface area contributed by atoms with Crippen molar-refractivity contribution in [1.82, 2.24) is 9.73 Å². The van der Waals surface area contributed by atoms with E-state index in [1.54, 1.807) is 12.1 Å². The van der Waals surface area contributed by atoms with E-state index in [2.05, 4.69) is 21.0 Å². The summed E-state index contributed by atoms with van der Waals surface area (Å²) in [5.74, 6) is 0.900. The Morgan fingerprint density at radius 3 is 2.91 bits per heavy atom. The molecule has 7 heteroatoms. The van der Waals surface area contributed by atoms with E-state index in [1.807, 2.05) is 11.9 Å². The first-order chi connectivity index (χ1) is 11.1. The van der Waals surface area contributed by atoms with E-state index >= 15 is 0 Å². The standard InChI is InChI=1S/C16H21ClN4OS/c1-2-18-15(20-23-14-8-12(17)7-13(22)9-14)21-11-16(10-19-21)5-3-4-6-16/h7-10,22H,2-6,11H2,1H3,(H,18,20). The second kappa shape index (κ2) is 7.01. The van der Waals surface area contributed by atoms with E-state index in [-0.39, 0.29) is 11.2 Å². The molecule has 124 valence electrons. The summed E-state index contributed by atoms with van der Waals surface area (Å²) in [6.07, 6.45) is 7.08. The van der Waals surface area contributed by atoms with Crippen LogP contribution in [0.1, 0.15) is 32.6 Å². The maximum atomic E-state index is 9.62. The van der Waals surface area contributed by atoms with E-state index in [1.165, 1.54) is 43.7 Å². The van der Waals surface area contributed by atoms with E-state index in [0.717, 1.165) is 17.4 Å². The summed E-state index contributed by atoms with van der Waals surface area (Å²) in [5.41, 5.74) is 0.231. The lowest BCUT2D eigenvalue weighted by atomic mass is 9.88. The Labute approximate surface area is 145 Å². The molecule has 1 aromatic carbocycles. The monoisotopic (exact) mass is 352 g/mol. The Hall–Kier alpha value is -1.40. The minimum atomic E-state index is 0.153. The zero-order valence-electron chi connectivity index (χ0n) is 13.1. The average Bonchev–Trinajstić information content (AvgIpc) is 3.13. The summed E-state index contributed by atoms with van der Waals surface area (Å²) in [7, 11) is 0. The fourth-order valence-electron chi connectivity index (χ4n) is 3.10. The first-order valence-corrected chi connectivity index (χ1v) is 9.09. The number of phenolic OH excluding ortho intramolecular Hbond substituents is 1. The van der Waals surface area contributed by atoms with Gasteiger partial charge in [-0.1, -0.05) is 24.4 Å². The molecule has 0 bridgehead atoms. The van der Waals surface area contributed by atoms with Gasteiger partial charge in [-0.15, -0.1) is 0 Å². The molecule has 1 aliphatic heterocycles. The van der Waals surface area contributed by atoms with Crippen molar-refractivity contribution in [3.8, 4) is 5.75 Å². The summed E-state index contributed by atoms with van der Waals surface area (Å²) < 4.78 is 3.25. The predicted octanol–water partition coefficient (Wildman–Crippen LogP) is 3.88. The molecule has 0 aromatic heterocycles. The minimum absolute atomic E-state index is 0.153. The third-order valence-electron chi connectivity index (χ3n) is 4.20. The highest BCUT2D eigenvalue weighted by atomic mass is 35.5. The zero-order chi connectivity index (χ0) is 16.3. The highest BCUT2D eigenvalue weighted by Gasteiger charge is 2.39. The van der Waals surface area contributed by atoms with Crippen molar-refractivity contribution in [2.45, 2.75) is 37.5 Å². The SMILES string of the molecule is CCN=C(NSc1cc(O)cc(Cl)c1)N1CC2(C=N1)CCCC2. The second-order valence-electron chi connectivity index (χ2n) is 6.02. The quantitative estimate of drug-likeness (QED) is 0.492. The van der Waals surface area contributed by atoms with E-state index in [4.69, 9.17) is 11.6 Å². The van der Waals surface area contributed by atoms with Crippen LogP contribution in [-0.4, -0.2) is 35.4 Å². The number of hydrogen-bond donors (Lipinski definition) is 2. The topological polar surface area (TPSA) is 60.2 Å². The molecule has 0 saturated heterocycles. The van der Waals surface area contributed by atoms with Crippen LogP contribution < -0.4 is 4.72 Å². The van der Waals surface area contributed by atoms with Crippen LogP contribution >= 0.6 is 23.5 Å². The van der Waals surface area contributed by atoms with Gasteiger partial charge < -0.3 is 5.11 Å². The molecule has 0 unspecified atom stereocenters. The first kappa shape index (κ1) is 16.5. The number of aromatic hydroxyl groups is 1. The van der Waals surface area contributed by atoms with Crippen LogP contribution in [0.5, 0.6) is 5.75 Å². The summed E-state index contributed by atoms with van der Waals surface area (Å²) >= 11 is 7.34. The molecule has 1 spiro atoms. The van der Waals surface area contributed by atoms with E-state index < -0.39 is 0 Å². The molecule has 0 amide bonds. The largest absolute Gasteiger partial charge is 0.508 e. The lowest BCUT2D eigenvalue weighted by molar-refractivity contribution is 0.342. The average molecular weight is 353 g/mol. The molecule has 1 heterocycles. The number of phenols is 1. The molecule has 3 rings (SSSR count). The third kappa shape index (κ3) is 3.93. The number of nitrogens with one attached hydrogen (secondary N) is 1. The van der Waals surface area contributed by atoms with Crippen molar-refractivity contribution >= 4 is 35.7 Å². The van der Waals surface area contributed by atoms with Crippen LogP contribution in [-0.2, 0) is 0 Å². The molecule has 23 heavy (non-hydrogen) atoms. The smallest absolute Gasteiger partial charge is 0.225 e. The molecule has 5 nitrogen and oxygen atoms in total. The molecule has 2 N–H and O–H groups in total. The van der Waals surface area contributed by atoms with Crippen LogP contribution in [0, 0.1) is 5.41 Å². The molecular formula is C16H21ClN4OS. The van der Waals surface area contributed by atoms with Crippen molar-refractivity contribution in [1.29, 1.82) is 0 Å². The maximum absolute atomic E-state index is 9.62. The Bertz CT molecular complexity index is 608. The van der Waals surface area contributed by atoms with Gasteiger partial charge in [-0.05, 0) is 49.9 Å². The lowest BCUT2D eigenvalue weighted by Crippen LogP contribution is -2.37. The zero-order valence-corrected chi connectivity index (χ0v) is 14.7. The number of aliphatic imine (C=N–C) groups is 1. The van der Waals surface area contributed by atoms with Crippen molar-refractivity contribution in [3.05, 3.63) is 23.2 Å². The molecule has 0 atom stereocenters. The predicted molar refractivity (Wildman–Crippen MR) is 96.2 cm³/mol. The lowest BCUT2D eigenvalue weighted by Gasteiger charge is -2.23. The minimum Gasteiger partial charge on any atom is -0.508 e. The first-order valence-electron chi connectivity index (χ1n) is 7.90. The number of hydrogen-bond acceptors (Lipinski definition) is 4. The van der Waals surface area contributed by atoms with E-state index in [9.17, 15) is 5.11 Å². The molecule has 1 aliphatic carbocycles. The highest BCUT2D eigenvalue weighted by molar-refractivity contribution is 7.98. The fourth-order valence-corrected chi connectivity index (χ4v) is 4.13. The number of benzene rings is 1. The molecule has 0 radical (unpaired) electrons. The highest BCUT2D eigenvalue weighted by Crippen LogP contribution is 2.40. The fraction of sp³-hybridized carbons (Fsp3) is 0.500. The van der Waals surface area contributed by atoms with Gasteiger partial charge >= 0.3 is 0 Å². The summed E-state index contributed by atoms with van der Waals surface area (Å²) in [6, 6.07) is 4.98. The van der Waals surface area contributed by atoms with Crippen LogP contribution in [0.4, 0.5) is 0 Å². The van der Waals surface area contributed by atoms with Crippen molar-refractivity contribution in [3.63, 3.8) is 0 Å². The number of nitrogens with zero attached hydrogens (tertiary/aromatic N) is 3. The van der Waals surface area contributed by atoms with Crippen LogP contribution in [0.15, 0.2) is 33.2 Å². The van der Waals surface area contributed by atoms with Gasteiger partial charge in [0.2, 0.25) is 5.96 Å². The van der Waals surface area contributed by atoms with Crippen molar-refractivity contribution in [2.24, 2.45) is 15.5 Å². The molecule has 1 fully saturated rings. The van der Waals surface area contributed by atoms with Crippen LogP contribution in [0.25, 0.3) is 0 Å². The molecule has 1 saturated carbocycles. The molecule has 1 aromatic rings. The Morgan fingerprint density at radius 1 is 1.43 bits per heavy atom. The normalized spacial score (nSPS) is 19.7. The molecular weight excluding hydrogens is 332 g/mol. The van der Waals surface area contributed by atoms with Gasteiger partial charge in [0.25, 0.3) is 0 Å². The van der Waals surface area contributed by atoms with Crippen LogP contribution in [0.3, 0.4) is 0 Å². The van der Waals surface area contributed by atoms with Gasteiger partial charge in [0.1, 0.15) is 5.75 Å². The Morgan fingerprint density at radius 2 is 2.22 bits per heavy atom. The number of halogens is 1. The number of guanidine groups is 1. The van der Waals surface area contributed by atoms with Gasteiger partial charge in [-0.25, -0.2) is 5.01 Å². The Balaban J connectivity index is 1.66.